The second-order valence-corrected chi connectivity index (χ2v) is 3.85. The maximum atomic E-state index is 10.4. The zero-order valence-electron chi connectivity index (χ0n) is 9.21. The molecule has 0 saturated heterocycles. The summed E-state index contributed by atoms with van der Waals surface area (Å²) < 4.78 is 1.81. The fraction of sp³-hybridized carbons (Fsp3) is 0.231. The smallest absolute Gasteiger partial charge is 0.120 e. The summed E-state index contributed by atoms with van der Waals surface area (Å²) in [6.45, 7) is 2.05. The molecule has 0 bridgehead atoms. The van der Waals surface area contributed by atoms with Gasteiger partial charge in [-0.05, 0) is 29.7 Å². The van der Waals surface area contributed by atoms with E-state index in [4.69, 9.17) is 0 Å². The molecule has 0 aliphatic rings. The van der Waals surface area contributed by atoms with E-state index in [1.807, 2.05) is 41.2 Å². The fourth-order valence-electron chi connectivity index (χ4n) is 1.66. The second-order valence-electron chi connectivity index (χ2n) is 3.85. The first-order valence-electron chi connectivity index (χ1n) is 5.35. The lowest BCUT2D eigenvalue weighted by Crippen LogP contribution is -1.97. The van der Waals surface area contributed by atoms with E-state index in [0.29, 0.717) is 6.42 Å². The van der Waals surface area contributed by atoms with E-state index < -0.39 is 0 Å². The van der Waals surface area contributed by atoms with Crippen molar-refractivity contribution >= 4 is 6.29 Å². The minimum absolute atomic E-state index is 0.282. The molecule has 16 heavy (non-hydrogen) atoms. The van der Waals surface area contributed by atoms with Crippen molar-refractivity contribution in [1.29, 1.82) is 0 Å². The lowest BCUT2D eigenvalue weighted by atomic mass is 9.98. The predicted octanol–water partition coefficient (Wildman–Crippen LogP) is 2.56. The third-order valence-corrected chi connectivity index (χ3v) is 2.68. The number of rotatable bonds is 4. The summed E-state index contributed by atoms with van der Waals surface area (Å²) in [4.78, 5) is 10.4. The van der Waals surface area contributed by atoms with Crippen molar-refractivity contribution in [2.24, 2.45) is 0 Å². The van der Waals surface area contributed by atoms with Crippen LogP contribution in [0.25, 0.3) is 5.69 Å². The Bertz CT molecular complexity index is 445. The van der Waals surface area contributed by atoms with Gasteiger partial charge in [-0.1, -0.05) is 19.1 Å². The molecule has 0 radical (unpaired) electrons. The van der Waals surface area contributed by atoms with Gasteiger partial charge in [0.1, 0.15) is 6.29 Å². The van der Waals surface area contributed by atoms with Crippen molar-refractivity contribution in [3.8, 4) is 5.69 Å². The maximum absolute atomic E-state index is 10.4. The number of benzene rings is 1. The van der Waals surface area contributed by atoms with Gasteiger partial charge < -0.3 is 4.79 Å². The Morgan fingerprint density at radius 3 is 2.69 bits per heavy atom. The van der Waals surface area contributed by atoms with Crippen LogP contribution in [0.2, 0.25) is 0 Å². The van der Waals surface area contributed by atoms with Crippen LogP contribution in [0.3, 0.4) is 0 Å². The molecular formula is C13H14N2O. The summed E-state index contributed by atoms with van der Waals surface area (Å²) in [5.74, 6) is 0.282. The highest BCUT2D eigenvalue weighted by Gasteiger charge is 2.04. The van der Waals surface area contributed by atoms with E-state index in [0.717, 1.165) is 12.0 Å². The van der Waals surface area contributed by atoms with Gasteiger partial charge >= 0.3 is 0 Å². The van der Waals surface area contributed by atoms with Gasteiger partial charge in [0, 0.05) is 18.8 Å². The Kier molecular flexibility index (Phi) is 3.15. The molecular weight excluding hydrogens is 200 g/mol. The van der Waals surface area contributed by atoms with Crippen molar-refractivity contribution in [2.45, 2.75) is 19.3 Å². The molecule has 0 spiro atoms. The molecule has 1 heterocycles. The number of aldehydes is 1. The van der Waals surface area contributed by atoms with Crippen LogP contribution in [0, 0.1) is 0 Å². The van der Waals surface area contributed by atoms with Crippen molar-refractivity contribution in [1.82, 2.24) is 9.78 Å². The van der Waals surface area contributed by atoms with E-state index in [-0.39, 0.29) is 5.92 Å². The molecule has 0 aliphatic heterocycles. The van der Waals surface area contributed by atoms with Gasteiger partial charge in [0.25, 0.3) is 0 Å². The van der Waals surface area contributed by atoms with Crippen LogP contribution in [0.4, 0.5) is 0 Å². The number of hydrogen-bond donors (Lipinski definition) is 0. The standard InChI is InChI=1S/C13H14N2O/c1-11(7-10-16)12-3-5-13(6-4-12)15-9-2-8-14-15/h2-6,8-11H,7H2,1H3. The number of aromatic nitrogens is 2. The van der Waals surface area contributed by atoms with Crippen molar-refractivity contribution in [3.05, 3.63) is 48.3 Å². The molecule has 1 aromatic carbocycles. The fourth-order valence-corrected chi connectivity index (χ4v) is 1.66. The zero-order valence-corrected chi connectivity index (χ0v) is 9.21. The van der Waals surface area contributed by atoms with Crippen LogP contribution < -0.4 is 0 Å². The van der Waals surface area contributed by atoms with E-state index >= 15 is 0 Å². The van der Waals surface area contributed by atoms with E-state index in [9.17, 15) is 4.79 Å². The second kappa shape index (κ2) is 4.75. The average molecular weight is 214 g/mol. The van der Waals surface area contributed by atoms with Gasteiger partial charge in [0.05, 0.1) is 5.69 Å². The first kappa shape index (κ1) is 10.6. The topological polar surface area (TPSA) is 34.9 Å². The molecule has 82 valence electrons. The number of carbonyl (C=O) groups excluding carboxylic acids is 1. The highest BCUT2D eigenvalue weighted by atomic mass is 16.1. The van der Waals surface area contributed by atoms with Gasteiger partial charge in [-0.15, -0.1) is 0 Å². The molecule has 0 aliphatic carbocycles. The largest absolute Gasteiger partial charge is 0.303 e. The Morgan fingerprint density at radius 2 is 2.12 bits per heavy atom. The summed E-state index contributed by atoms with van der Waals surface area (Å²) in [7, 11) is 0. The van der Waals surface area contributed by atoms with Crippen molar-refractivity contribution in [3.63, 3.8) is 0 Å². The van der Waals surface area contributed by atoms with Crippen LogP contribution in [0.15, 0.2) is 42.7 Å². The maximum Gasteiger partial charge on any atom is 0.120 e. The molecule has 0 amide bonds. The molecule has 3 heteroatoms. The summed E-state index contributed by atoms with van der Waals surface area (Å²) in [5.41, 5.74) is 2.22. The van der Waals surface area contributed by atoms with Crippen LogP contribution in [-0.4, -0.2) is 16.1 Å². The third-order valence-electron chi connectivity index (χ3n) is 2.68. The van der Waals surface area contributed by atoms with Crippen LogP contribution in [0.1, 0.15) is 24.8 Å². The number of carbonyl (C=O) groups is 1. The average Bonchev–Trinajstić information content (AvgIpc) is 2.83. The van der Waals surface area contributed by atoms with Gasteiger partial charge in [-0.25, -0.2) is 4.68 Å². The highest BCUT2D eigenvalue weighted by Crippen LogP contribution is 2.19. The zero-order chi connectivity index (χ0) is 11.4. The van der Waals surface area contributed by atoms with Crippen LogP contribution in [-0.2, 0) is 4.79 Å². The minimum Gasteiger partial charge on any atom is -0.303 e. The Labute approximate surface area is 94.7 Å². The number of hydrogen-bond acceptors (Lipinski definition) is 2. The monoisotopic (exact) mass is 214 g/mol. The molecule has 1 aromatic heterocycles. The molecule has 2 rings (SSSR count). The first-order chi connectivity index (χ1) is 7.81. The summed E-state index contributed by atoms with van der Waals surface area (Å²) in [6, 6.07) is 10.0. The quantitative estimate of drug-likeness (QED) is 0.733. The van der Waals surface area contributed by atoms with Crippen LogP contribution in [0.5, 0.6) is 0 Å². The third kappa shape index (κ3) is 2.19. The Morgan fingerprint density at radius 1 is 1.38 bits per heavy atom. The molecule has 1 atom stereocenters. The van der Waals surface area contributed by atoms with Gasteiger partial charge in [-0.2, -0.15) is 5.10 Å². The molecule has 2 aromatic rings. The lowest BCUT2D eigenvalue weighted by Gasteiger charge is -2.09. The molecule has 0 saturated carbocycles. The summed E-state index contributed by atoms with van der Waals surface area (Å²) in [5, 5.41) is 4.16. The highest BCUT2D eigenvalue weighted by molar-refractivity contribution is 5.51. The van der Waals surface area contributed by atoms with Crippen LogP contribution >= 0.6 is 0 Å². The van der Waals surface area contributed by atoms with Crippen molar-refractivity contribution in [2.75, 3.05) is 0 Å². The Balaban J connectivity index is 2.19. The summed E-state index contributed by atoms with van der Waals surface area (Å²) >= 11 is 0. The van der Waals surface area contributed by atoms with Gasteiger partial charge in [0.2, 0.25) is 0 Å². The van der Waals surface area contributed by atoms with Crippen molar-refractivity contribution < 1.29 is 4.79 Å². The molecule has 0 N–H and O–H groups in total. The first-order valence-corrected chi connectivity index (χ1v) is 5.35. The summed E-state index contributed by atoms with van der Waals surface area (Å²) in [6.07, 6.45) is 5.19. The van der Waals surface area contributed by atoms with E-state index in [1.54, 1.807) is 6.20 Å². The Hall–Kier alpha value is -1.90. The lowest BCUT2D eigenvalue weighted by molar-refractivity contribution is -0.108. The van der Waals surface area contributed by atoms with Gasteiger partial charge in [-0.3, -0.25) is 0 Å². The van der Waals surface area contributed by atoms with E-state index in [2.05, 4.69) is 12.0 Å². The van der Waals surface area contributed by atoms with Gasteiger partial charge in [0.15, 0.2) is 0 Å². The SMILES string of the molecule is CC(CC=O)c1ccc(-n2cccn2)cc1. The van der Waals surface area contributed by atoms with E-state index in [1.165, 1.54) is 5.56 Å². The molecule has 0 fully saturated rings. The number of nitrogens with zero attached hydrogens (tertiary/aromatic N) is 2. The molecule has 3 nitrogen and oxygen atoms in total. The minimum atomic E-state index is 0.282. The predicted molar refractivity (Wildman–Crippen MR) is 62.7 cm³/mol. The molecule has 1 unspecified atom stereocenters. The normalized spacial score (nSPS) is 12.3.